The van der Waals surface area contributed by atoms with E-state index in [9.17, 15) is 38.9 Å². The quantitative estimate of drug-likeness (QED) is 0.131. The van der Waals surface area contributed by atoms with Crippen LogP contribution in [0.15, 0.2) is 54.6 Å². The molecule has 3 rings (SSSR count). The van der Waals surface area contributed by atoms with E-state index in [0.29, 0.717) is 24.9 Å². The molecule has 1 aliphatic rings. The Bertz CT molecular complexity index is 1480. The first-order valence-electron chi connectivity index (χ1n) is 15.8. The molecule has 1 saturated heterocycles. The lowest BCUT2D eigenvalue weighted by molar-refractivity contribution is -0.384. The fourth-order valence-corrected chi connectivity index (χ4v) is 5.27. The fraction of sp³-hybridized carbons (Fsp3) is 0.455. The van der Waals surface area contributed by atoms with Crippen molar-refractivity contribution in [3.8, 4) is 0 Å². The molecule has 0 aromatic heterocycles. The Morgan fingerprint density at radius 3 is 2.21 bits per heavy atom. The molecule has 0 radical (unpaired) electrons. The molecule has 5 atom stereocenters. The number of nitro benzene ring substituents is 1. The summed E-state index contributed by atoms with van der Waals surface area (Å²) in [5.74, 6) is -4.32. The van der Waals surface area contributed by atoms with Crippen molar-refractivity contribution in [2.45, 2.75) is 83.5 Å². The second-order valence-electron chi connectivity index (χ2n) is 11.8. The average molecular weight is 667 g/mol. The normalized spacial score (nSPS) is 16.5. The summed E-state index contributed by atoms with van der Waals surface area (Å²) in [6, 6.07) is 10.3. The molecule has 5 unspecified atom stereocenters. The largest absolute Gasteiger partial charge is 0.481 e. The third kappa shape index (κ3) is 10.6. The number of hydrogen-bond donors (Lipinski definition) is 5. The molecule has 2 aromatic carbocycles. The predicted molar refractivity (Wildman–Crippen MR) is 174 cm³/mol. The number of aliphatic carboxylic acids is 1. The highest BCUT2D eigenvalue weighted by Gasteiger charge is 2.40. The monoisotopic (exact) mass is 666 g/mol. The molecule has 2 aromatic rings. The zero-order chi connectivity index (χ0) is 35.4. The van der Waals surface area contributed by atoms with E-state index in [-0.39, 0.29) is 31.0 Å². The number of carbonyl (C=O) groups excluding carboxylic acids is 5. The van der Waals surface area contributed by atoms with Crippen LogP contribution in [0.25, 0.3) is 0 Å². The number of non-ortho nitro benzene ring substituents is 1. The van der Waals surface area contributed by atoms with Gasteiger partial charge in [0.1, 0.15) is 24.2 Å². The maximum absolute atomic E-state index is 13.9. The highest BCUT2D eigenvalue weighted by Crippen LogP contribution is 2.22. The summed E-state index contributed by atoms with van der Waals surface area (Å²) < 4.78 is 0. The van der Waals surface area contributed by atoms with Crippen LogP contribution in [-0.4, -0.2) is 81.1 Å². The smallest absolute Gasteiger partial charge is 0.303 e. The topological polar surface area (TPSA) is 217 Å². The third-order valence-corrected chi connectivity index (χ3v) is 8.21. The minimum absolute atomic E-state index is 0.133. The molecule has 258 valence electrons. The molecular weight excluding hydrogens is 624 g/mol. The number of nitrogens with one attached hydrogen (secondary N) is 4. The number of likely N-dealkylation sites (tertiary alicyclic amines) is 1. The van der Waals surface area contributed by atoms with Crippen molar-refractivity contribution in [2.24, 2.45) is 5.92 Å². The lowest BCUT2D eigenvalue weighted by atomic mass is 9.97. The highest BCUT2D eigenvalue weighted by molar-refractivity contribution is 5.99. The van der Waals surface area contributed by atoms with Crippen molar-refractivity contribution >= 4 is 46.9 Å². The van der Waals surface area contributed by atoms with Gasteiger partial charge in [-0.3, -0.25) is 38.9 Å². The van der Waals surface area contributed by atoms with E-state index in [1.54, 1.807) is 31.2 Å². The Morgan fingerprint density at radius 1 is 0.938 bits per heavy atom. The van der Waals surface area contributed by atoms with E-state index >= 15 is 0 Å². The summed E-state index contributed by atoms with van der Waals surface area (Å²) in [5.41, 5.74) is 0.926. The highest BCUT2D eigenvalue weighted by atomic mass is 16.6. The van der Waals surface area contributed by atoms with Gasteiger partial charge in [0.25, 0.3) is 5.69 Å². The molecule has 1 heterocycles. The van der Waals surface area contributed by atoms with Crippen molar-refractivity contribution in [3.63, 3.8) is 0 Å². The molecule has 1 fully saturated rings. The molecule has 0 spiro atoms. The van der Waals surface area contributed by atoms with Crippen LogP contribution in [0, 0.1) is 16.0 Å². The number of hydrogen-bond acceptors (Lipinski definition) is 8. The van der Waals surface area contributed by atoms with Crippen molar-refractivity contribution in [1.29, 1.82) is 0 Å². The van der Waals surface area contributed by atoms with Gasteiger partial charge in [0.05, 0.1) is 11.3 Å². The van der Waals surface area contributed by atoms with Crippen LogP contribution < -0.4 is 21.3 Å². The lowest BCUT2D eigenvalue weighted by Crippen LogP contribution is -2.59. The average Bonchev–Trinajstić information content (AvgIpc) is 3.56. The Kier molecular flexibility index (Phi) is 13.6. The first-order valence-corrected chi connectivity index (χ1v) is 15.8. The van der Waals surface area contributed by atoms with Crippen LogP contribution in [0.4, 0.5) is 11.4 Å². The van der Waals surface area contributed by atoms with Gasteiger partial charge in [-0.05, 0) is 43.4 Å². The van der Waals surface area contributed by atoms with Crippen LogP contribution in [0.3, 0.4) is 0 Å². The fourth-order valence-electron chi connectivity index (χ4n) is 5.27. The van der Waals surface area contributed by atoms with E-state index in [2.05, 4.69) is 21.3 Å². The first kappa shape index (κ1) is 37.1. The Hall–Kier alpha value is -5.34. The SMILES string of the molecule is CCC(C)C(NC(=O)C(C)NC(=O)CCC(=O)O)C(=O)N1CCCC1C(=O)NC(Cc1ccccc1)C(=O)Nc1ccc([N+](=O)[O-])cc1. The van der Waals surface area contributed by atoms with Gasteiger partial charge in [-0.15, -0.1) is 0 Å². The number of amides is 5. The summed E-state index contributed by atoms with van der Waals surface area (Å²) in [4.78, 5) is 88.7. The molecule has 5 amide bonds. The molecule has 1 aliphatic heterocycles. The molecule has 0 saturated carbocycles. The number of benzene rings is 2. The van der Waals surface area contributed by atoms with Gasteiger partial charge in [-0.2, -0.15) is 0 Å². The van der Waals surface area contributed by atoms with Gasteiger partial charge in [0, 0.05) is 37.2 Å². The molecular formula is C33H42N6O9. The molecule has 0 bridgehead atoms. The zero-order valence-electron chi connectivity index (χ0n) is 27.1. The van der Waals surface area contributed by atoms with Crippen LogP contribution in [0.5, 0.6) is 0 Å². The molecule has 48 heavy (non-hydrogen) atoms. The van der Waals surface area contributed by atoms with Gasteiger partial charge in [-0.25, -0.2) is 0 Å². The van der Waals surface area contributed by atoms with Crippen LogP contribution in [-0.2, 0) is 35.2 Å². The van der Waals surface area contributed by atoms with Gasteiger partial charge >= 0.3 is 5.97 Å². The lowest BCUT2D eigenvalue weighted by Gasteiger charge is -2.32. The van der Waals surface area contributed by atoms with E-state index in [0.717, 1.165) is 5.56 Å². The van der Waals surface area contributed by atoms with Crippen LogP contribution in [0.2, 0.25) is 0 Å². The first-order chi connectivity index (χ1) is 22.8. The summed E-state index contributed by atoms with van der Waals surface area (Å²) in [7, 11) is 0. The summed E-state index contributed by atoms with van der Waals surface area (Å²) in [6.07, 6.45) is 0.798. The number of carbonyl (C=O) groups is 6. The maximum atomic E-state index is 13.9. The van der Waals surface area contributed by atoms with E-state index in [1.807, 2.05) is 13.0 Å². The number of nitrogens with zero attached hydrogens (tertiary/aromatic N) is 2. The maximum Gasteiger partial charge on any atom is 0.303 e. The molecule has 0 aliphatic carbocycles. The minimum atomic E-state index is -1.15. The number of rotatable bonds is 16. The summed E-state index contributed by atoms with van der Waals surface area (Å²) >= 11 is 0. The second kappa shape index (κ2) is 17.5. The molecule has 5 N–H and O–H groups in total. The Morgan fingerprint density at radius 2 is 1.60 bits per heavy atom. The zero-order valence-corrected chi connectivity index (χ0v) is 27.1. The van der Waals surface area contributed by atoms with Crippen molar-refractivity contribution in [2.75, 3.05) is 11.9 Å². The van der Waals surface area contributed by atoms with E-state index in [1.165, 1.54) is 36.1 Å². The van der Waals surface area contributed by atoms with Gasteiger partial charge in [0.15, 0.2) is 0 Å². The predicted octanol–water partition coefficient (Wildman–Crippen LogP) is 2.15. The van der Waals surface area contributed by atoms with Crippen molar-refractivity contribution < 1.29 is 38.8 Å². The second-order valence-corrected chi connectivity index (χ2v) is 11.8. The summed E-state index contributed by atoms with van der Waals surface area (Å²) in [5, 5.41) is 30.4. The van der Waals surface area contributed by atoms with Crippen LogP contribution in [0.1, 0.15) is 58.4 Å². The van der Waals surface area contributed by atoms with Gasteiger partial charge in [0.2, 0.25) is 29.5 Å². The summed E-state index contributed by atoms with van der Waals surface area (Å²) in [6.45, 7) is 5.30. The van der Waals surface area contributed by atoms with Crippen molar-refractivity contribution in [3.05, 3.63) is 70.3 Å². The minimum Gasteiger partial charge on any atom is -0.481 e. The molecule has 15 nitrogen and oxygen atoms in total. The van der Waals surface area contributed by atoms with E-state index < -0.39 is 71.0 Å². The van der Waals surface area contributed by atoms with Gasteiger partial charge < -0.3 is 31.3 Å². The van der Waals surface area contributed by atoms with E-state index in [4.69, 9.17) is 5.11 Å². The Labute approximate surface area is 278 Å². The number of nitro groups is 1. The van der Waals surface area contributed by atoms with Gasteiger partial charge in [-0.1, -0.05) is 50.6 Å². The standard InChI is InChI=1S/C33H42N6O9/c1-4-20(2)29(37-30(43)21(3)34-27(40)16-17-28(41)42)33(46)38-18-8-11-26(38)32(45)36-25(19-22-9-6-5-7-10-22)31(44)35-23-12-14-24(15-13-23)39(47)48/h5-7,9-10,12-15,20-21,25-26,29H,4,8,11,16-19H2,1-3H3,(H,34,40)(H,35,44)(H,36,45)(H,37,43)(H,41,42). The number of carboxylic acid groups (broad SMARTS) is 1. The number of anilines is 1. The van der Waals surface area contributed by atoms with Crippen molar-refractivity contribution in [1.82, 2.24) is 20.9 Å². The molecule has 15 heteroatoms. The third-order valence-electron chi connectivity index (χ3n) is 8.21. The number of carboxylic acids is 1. The van der Waals surface area contributed by atoms with Crippen LogP contribution >= 0.6 is 0 Å². The Balaban J connectivity index is 1.74.